The Hall–Kier alpha value is -1.37. The van der Waals surface area contributed by atoms with Crippen molar-refractivity contribution in [3.05, 3.63) is 35.4 Å². The summed E-state index contributed by atoms with van der Waals surface area (Å²) in [7, 11) is 0. The smallest absolute Gasteiger partial charge is 0.0991 e. The number of nitriles is 1. The van der Waals surface area contributed by atoms with Crippen LogP contribution in [0.2, 0.25) is 0 Å². The van der Waals surface area contributed by atoms with E-state index in [0.29, 0.717) is 11.6 Å². The lowest BCUT2D eigenvalue weighted by molar-refractivity contribution is 0.262. The fourth-order valence-electron chi connectivity index (χ4n) is 1.62. The van der Waals surface area contributed by atoms with Gasteiger partial charge in [-0.3, -0.25) is 0 Å². The molecule has 86 valence electrons. The number of hydrogen-bond donors (Lipinski definition) is 2. The molecule has 0 heterocycles. The minimum atomic E-state index is 0.212. The molecule has 0 saturated carbocycles. The molecule has 0 saturated heterocycles. The van der Waals surface area contributed by atoms with E-state index in [9.17, 15) is 0 Å². The van der Waals surface area contributed by atoms with E-state index in [-0.39, 0.29) is 6.61 Å². The molecular weight excluding hydrogens is 200 g/mol. The number of aliphatic hydroxyl groups excluding tert-OH is 1. The number of nitrogens with zero attached hydrogens (tertiary/aromatic N) is 1. The van der Waals surface area contributed by atoms with Crippen LogP contribution in [0, 0.1) is 11.3 Å². The third-order valence-electron chi connectivity index (χ3n) is 2.62. The monoisotopic (exact) mass is 218 g/mol. The molecule has 16 heavy (non-hydrogen) atoms. The molecule has 1 aromatic carbocycles. The van der Waals surface area contributed by atoms with Crippen molar-refractivity contribution in [3.8, 4) is 6.07 Å². The third kappa shape index (κ3) is 4.01. The lowest BCUT2D eigenvalue weighted by Gasteiger charge is -2.15. The quantitative estimate of drug-likeness (QED) is 0.765. The summed E-state index contributed by atoms with van der Waals surface area (Å²) >= 11 is 0. The summed E-state index contributed by atoms with van der Waals surface area (Å²) < 4.78 is 0. The molecule has 1 rings (SSSR count). The average Bonchev–Trinajstić information content (AvgIpc) is 2.34. The first-order chi connectivity index (χ1) is 7.80. The molecule has 3 heteroatoms. The minimum Gasteiger partial charge on any atom is -0.396 e. The van der Waals surface area contributed by atoms with Crippen LogP contribution >= 0.6 is 0 Å². The van der Waals surface area contributed by atoms with Crippen LogP contribution in [0.1, 0.15) is 30.9 Å². The van der Waals surface area contributed by atoms with Crippen molar-refractivity contribution in [1.29, 1.82) is 5.26 Å². The molecule has 1 aromatic rings. The van der Waals surface area contributed by atoms with Gasteiger partial charge in [0, 0.05) is 19.2 Å². The molecule has 0 aliphatic rings. The van der Waals surface area contributed by atoms with Gasteiger partial charge in [-0.1, -0.05) is 19.1 Å². The highest BCUT2D eigenvalue weighted by molar-refractivity contribution is 5.32. The maximum absolute atomic E-state index is 8.86. The van der Waals surface area contributed by atoms with Crippen LogP contribution in [0.5, 0.6) is 0 Å². The summed E-state index contributed by atoms with van der Waals surface area (Å²) in [5, 5.41) is 21.0. The molecule has 3 nitrogen and oxygen atoms in total. The van der Waals surface area contributed by atoms with Gasteiger partial charge in [0.2, 0.25) is 0 Å². The fourth-order valence-corrected chi connectivity index (χ4v) is 1.62. The Morgan fingerprint density at radius 3 is 2.94 bits per heavy atom. The zero-order valence-corrected chi connectivity index (χ0v) is 9.61. The van der Waals surface area contributed by atoms with Gasteiger partial charge >= 0.3 is 0 Å². The van der Waals surface area contributed by atoms with E-state index in [1.54, 1.807) is 6.07 Å². The molecule has 0 aromatic heterocycles. The Bertz CT molecular complexity index is 357. The van der Waals surface area contributed by atoms with Gasteiger partial charge in [-0.25, -0.2) is 0 Å². The average molecular weight is 218 g/mol. The van der Waals surface area contributed by atoms with E-state index >= 15 is 0 Å². The zero-order chi connectivity index (χ0) is 11.8. The first-order valence-corrected chi connectivity index (χ1v) is 5.63. The standard InChI is InChI=1S/C13H18N2O/c1-2-13(6-7-16)15-10-12-5-3-4-11(8-12)9-14/h3-5,8,13,15-16H,2,6-7,10H2,1H3. The number of benzene rings is 1. The Balaban J connectivity index is 2.50. The first kappa shape index (κ1) is 12.7. The van der Waals surface area contributed by atoms with Gasteiger partial charge < -0.3 is 10.4 Å². The van der Waals surface area contributed by atoms with E-state index in [2.05, 4.69) is 18.3 Å². The predicted octanol–water partition coefficient (Wildman–Crippen LogP) is 1.81. The van der Waals surface area contributed by atoms with Crippen molar-refractivity contribution in [1.82, 2.24) is 5.32 Å². The second-order valence-corrected chi connectivity index (χ2v) is 3.81. The molecule has 2 N–H and O–H groups in total. The summed E-state index contributed by atoms with van der Waals surface area (Å²) in [4.78, 5) is 0. The first-order valence-electron chi connectivity index (χ1n) is 5.63. The molecule has 0 spiro atoms. The number of hydrogen-bond acceptors (Lipinski definition) is 3. The molecule has 1 unspecified atom stereocenters. The van der Waals surface area contributed by atoms with Crippen LogP contribution in [0.4, 0.5) is 0 Å². The molecule has 0 amide bonds. The van der Waals surface area contributed by atoms with Crippen molar-refractivity contribution in [2.75, 3.05) is 6.61 Å². The van der Waals surface area contributed by atoms with Gasteiger partial charge in [0.15, 0.2) is 0 Å². The maximum atomic E-state index is 8.86. The second-order valence-electron chi connectivity index (χ2n) is 3.81. The predicted molar refractivity (Wildman–Crippen MR) is 63.8 cm³/mol. The third-order valence-corrected chi connectivity index (χ3v) is 2.62. The fraction of sp³-hybridized carbons (Fsp3) is 0.462. The Labute approximate surface area is 96.7 Å². The molecule has 0 radical (unpaired) electrons. The van der Waals surface area contributed by atoms with Crippen LogP contribution < -0.4 is 5.32 Å². The Morgan fingerprint density at radius 2 is 2.31 bits per heavy atom. The lowest BCUT2D eigenvalue weighted by atomic mass is 10.1. The summed E-state index contributed by atoms with van der Waals surface area (Å²) in [6.07, 6.45) is 1.77. The highest BCUT2D eigenvalue weighted by Gasteiger charge is 2.04. The van der Waals surface area contributed by atoms with Crippen molar-refractivity contribution in [2.45, 2.75) is 32.4 Å². The number of nitrogens with one attached hydrogen (secondary N) is 1. The molecule has 0 aliphatic heterocycles. The van der Waals surface area contributed by atoms with Crippen LogP contribution in [0.15, 0.2) is 24.3 Å². The van der Waals surface area contributed by atoms with Crippen LogP contribution in [0.3, 0.4) is 0 Å². The van der Waals surface area contributed by atoms with Gasteiger partial charge in [0.05, 0.1) is 11.6 Å². The second kappa shape index (κ2) is 7.00. The Morgan fingerprint density at radius 1 is 1.50 bits per heavy atom. The molecule has 1 atom stereocenters. The number of rotatable bonds is 6. The minimum absolute atomic E-state index is 0.212. The molecular formula is C13H18N2O. The van der Waals surface area contributed by atoms with Gasteiger partial charge in [-0.15, -0.1) is 0 Å². The van der Waals surface area contributed by atoms with Crippen LogP contribution in [-0.2, 0) is 6.54 Å². The maximum Gasteiger partial charge on any atom is 0.0991 e. The topological polar surface area (TPSA) is 56.0 Å². The van der Waals surface area contributed by atoms with Crippen molar-refractivity contribution >= 4 is 0 Å². The highest BCUT2D eigenvalue weighted by atomic mass is 16.3. The van der Waals surface area contributed by atoms with Gasteiger partial charge in [0.25, 0.3) is 0 Å². The SMILES string of the molecule is CCC(CCO)NCc1cccc(C#N)c1. The molecule has 0 bridgehead atoms. The zero-order valence-electron chi connectivity index (χ0n) is 9.61. The highest BCUT2D eigenvalue weighted by Crippen LogP contribution is 2.05. The number of aliphatic hydroxyl groups is 1. The van der Waals surface area contributed by atoms with Gasteiger partial charge in [-0.05, 0) is 30.5 Å². The lowest BCUT2D eigenvalue weighted by Crippen LogP contribution is -2.28. The summed E-state index contributed by atoms with van der Waals surface area (Å²) in [5.41, 5.74) is 1.80. The van der Waals surface area contributed by atoms with E-state index < -0.39 is 0 Å². The van der Waals surface area contributed by atoms with Crippen LogP contribution in [-0.4, -0.2) is 17.8 Å². The van der Waals surface area contributed by atoms with E-state index in [1.807, 2.05) is 18.2 Å². The molecule has 0 aliphatic carbocycles. The normalized spacial score (nSPS) is 12.1. The largest absolute Gasteiger partial charge is 0.396 e. The van der Waals surface area contributed by atoms with E-state index in [0.717, 1.165) is 24.9 Å². The van der Waals surface area contributed by atoms with Crippen LogP contribution in [0.25, 0.3) is 0 Å². The van der Waals surface area contributed by atoms with Crippen molar-refractivity contribution < 1.29 is 5.11 Å². The van der Waals surface area contributed by atoms with Gasteiger partial charge in [0.1, 0.15) is 0 Å². The summed E-state index contributed by atoms with van der Waals surface area (Å²) in [6, 6.07) is 10.0. The van der Waals surface area contributed by atoms with E-state index in [4.69, 9.17) is 10.4 Å². The summed E-state index contributed by atoms with van der Waals surface area (Å²) in [6.45, 7) is 3.05. The molecule has 0 fully saturated rings. The van der Waals surface area contributed by atoms with Crippen molar-refractivity contribution in [3.63, 3.8) is 0 Å². The summed E-state index contributed by atoms with van der Waals surface area (Å²) in [5.74, 6) is 0. The van der Waals surface area contributed by atoms with E-state index in [1.165, 1.54) is 0 Å². The van der Waals surface area contributed by atoms with Crippen molar-refractivity contribution in [2.24, 2.45) is 0 Å². The Kier molecular flexibility index (Phi) is 5.55. The van der Waals surface area contributed by atoms with Gasteiger partial charge in [-0.2, -0.15) is 5.26 Å².